The van der Waals surface area contributed by atoms with Crippen LogP contribution in [0.4, 0.5) is 0 Å². The van der Waals surface area contributed by atoms with Crippen LogP contribution >= 0.6 is 11.6 Å². The van der Waals surface area contributed by atoms with Gasteiger partial charge in [0.2, 0.25) is 5.62 Å². The molecule has 0 amide bonds. The Labute approximate surface area is 129 Å². The van der Waals surface area contributed by atoms with Gasteiger partial charge in [0, 0.05) is 12.3 Å². The van der Waals surface area contributed by atoms with Crippen molar-refractivity contribution in [2.24, 2.45) is 10.6 Å². The van der Waals surface area contributed by atoms with Crippen molar-refractivity contribution in [1.29, 1.82) is 5.26 Å². The Morgan fingerprint density at radius 2 is 2.36 bits per heavy atom. The lowest BCUT2D eigenvalue weighted by molar-refractivity contribution is -0.115. The Morgan fingerprint density at radius 1 is 1.68 bits per heavy atom. The molecule has 2 heterocycles. The molecule has 1 aromatic heterocycles. The van der Waals surface area contributed by atoms with Gasteiger partial charge in [-0.25, -0.2) is 0 Å². The summed E-state index contributed by atoms with van der Waals surface area (Å²) in [5, 5.41) is 41.4. The molecule has 4 atom stereocenters. The van der Waals surface area contributed by atoms with Crippen LogP contribution in [0.5, 0.6) is 0 Å². The van der Waals surface area contributed by atoms with Gasteiger partial charge in [-0.1, -0.05) is 5.16 Å². The third-order valence-corrected chi connectivity index (χ3v) is 4.33. The summed E-state index contributed by atoms with van der Waals surface area (Å²) in [5.41, 5.74) is -3.84. The number of aliphatic hydroxyl groups is 2. The molecule has 0 saturated carbocycles. The molecule has 1 aliphatic rings. The third kappa shape index (κ3) is 2.21. The molecule has 0 bridgehead atoms. The van der Waals surface area contributed by atoms with Crippen LogP contribution in [-0.2, 0) is 4.74 Å². The maximum Gasteiger partial charge on any atom is 0.252 e. The van der Waals surface area contributed by atoms with Crippen LogP contribution in [0.3, 0.4) is 0 Å². The molecule has 9 nitrogen and oxygen atoms in total. The Bertz CT molecular complexity index is 719. The van der Waals surface area contributed by atoms with Gasteiger partial charge >= 0.3 is 0 Å². The summed E-state index contributed by atoms with van der Waals surface area (Å²) < 4.78 is 6.83. The molecule has 1 aliphatic heterocycles. The van der Waals surface area contributed by atoms with Crippen molar-refractivity contribution in [1.82, 2.24) is 9.55 Å². The zero-order chi connectivity index (χ0) is 16.5. The molecule has 10 heteroatoms. The molecule has 0 radical (unpaired) electrons. The highest BCUT2D eigenvalue weighted by atomic mass is 35.5. The van der Waals surface area contributed by atoms with Gasteiger partial charge in [0.25, 0.3) is 5.56 Å². The van der Waals surface area contributed by atoms with Gasteiger partial charge < -0.3 is 20.2 Å². The van der Waals surface area contributed by atoms with Crippen molar-refractivity contribution in [3.8, 4) is 6.07 Å². The number of aliphatic hydroxyl groups excluding tert-OH is 2. The van der Waals surface area contributed by atoms with Gasteiger partial charge in [0.1, 0.15) is 17.1 Å². The summed E-state index contributed by atoms with van der Waals surface area (Å²) in [4.78, 5) is 13.6. The SMILES string of the molecule is C[C@@]1(C#N)[C@H](O)[C@](CO)(CCl)O[C@H]1n1ccc(=O)[nH]/c1=N\O. The Balaban J connectivity index is 2.66. The van der Waals surface area contributed by atoms with E-state index >= 15 is 0 Å². The summed E-state index contributed by atoms with van der Waals surface area (Å²) in [5.74, 6) is -0.256. The van der Waals surface area contributed by atoms with Crippen LogP contribution in [0.25, 0.3) is 0 Å². The number of nitrogens with one attached hydrogen (secondary N) is 1. The molecule has 0 unspecified atom stereocenters. The molecule has 22 heavy (non-hydrogen) atoms. The monoisotopic (exact) mass is 330 g/mol. The summed E-state index contributed by atoms with van der Waals surface area (Å²) in [6.07, 6.45) is -1.28. The highest BCUT2D eigenvalue weighted by molar-refractivity contribution is 6.18. The number of aromatic amines is 1. The minimum atomic E-state index is -1.55. The lowest BCUT2D eigenvalue weighted by Gasteiger charge is -2.29. The van der Waals surface area contributed by atoms with Crippen LogP contribution in [0, 0.1) is 16.7 Å². The van der Waals surface area contributed by atoms with E-state index in [1.807, 2.05) is 6.07 Å². The van der Waals surface area contributed by atoms with Crippen molar-refractivity contribution < 1.29 is 20.2 Å². The fourth-order valence-corrected chi connectivity index (χ4v) is 2.82. The number of halogens is 1. The van der Waals surface area contributed by atoms with Crippen molar-refractivity contribution >= 4 is 11.6 Å². The molecule has 0 aromatic carbocycles. The molecule has 0 spiro atoms. The molecular weight excluding hydrogens is 316 g/mol. The number of nitrogens with zero attached hydrogens (tertiary/aromatic N) is 3. The standard InChI is InChI=1S/C12H15ClN4O5/c1-11(5-14)8(20)12(4-13,6-18)22-9(11)17-3-2-7(19)15-10(17)16-21/h2-3,8-9,18,20-21H,4,6H2,1H3,(H,15,16,19)/t8-,9+,11+,12+/m0/s1. The van der Waals surface area contributed by atoms with Gasteiger partial charge in [-0.05, 0) is 6.92 Å². The fraction of sp³-hybridized carbons (Fsp3) is 0.583. The second kappa shape index (κ2) is 5.73. The number of nitriles is 1. The number of alkyl halides is 1. The van der Waals surface area contributed by atoms with E-state index in [0.29, 0.717) is 0 Å². The Kier molecular flexibility index (Phi) is 4.30. The van der Waals surface area contributed by atoms with E-state index in [4.69, 9.17) is 21.5 Å². The van der Waals surface area contributed by atoms with E-state index in [0.717, 1.165) is 6.07 Å². The minimum absolute atomic E-state index is 0.256. The summed E-state index contributed by atoms with van der Waals surface area (Å²) in [6, 6.07) is 3.09. The number of hydrogen-bond donors (Lipinski definition) is 4. The van der Waals surface area contributed by atoms with Gasteiger partial charge in [-0.3, -0.25) is 14.3 Å². The van der Waals surface area contributed by atoms with Gasteiger partial charge in [0.05, 0.1) is 18.6 Å². The summed E-state index contributed by atoms with van der Waals surface area (Å²) in [6.45, 7) is 0.812. The molecule has 0 aliphatic carbocycles. The van der Waals surface area contributed by atoms with E-state index in [1.165, 1.54) is 17.7 Å². The number of rotatable bonds is 3. The average molecular weight is 331 g/mol. The molecule has 2 rings (SSSR count). The van der Waals surface area contributed by atoms with Crippen molar-refractivity contribution in [2.75, 3.05) is 12.5 Å². The highest BCUT2D eigenvalue weighted by Gasteiger charge is 2.62. The Hall–Kier alpha value is -1.86. The first-order valence-electron chi connectivity index (χ1n) is 6.32. The summed E-state index contributed by atoms with van der Waals surface area (Å²) >= 11 is 5.80. The maximum absolute atomic E-state index is 11.3. The fourth-order valence-electron chi connectivity index (χ4n) is 2.52. The second-order valence-corrected chi connectivity index (χ2v) is 5.53. The van der Waals surface area contributed by atoms with Crippen molar-refractivity contribution in [2.45, 2.75) is 24.9 Å². The number of H-pyrrole nitrogens is 1. The zero-order valence-corrected chi connectivity index (χ0v) is 12.4. The quantitative estimate of drug-likeness (QED) is 0.313. The summed E-state index contributed by atoms with van der Waals surface area (Å²) in [7, 11) is 0. The predicted molar refractivity (Wildman–Crippen MR) is 72.8 cm³/mol. The molecular formula is C12H15ClN4O5. The first-order valence-corrected chi connectivity index (χ1v) is 6.85. The van der Waals surface area contributed by atoms with E-state index in [9.17, 15) is 20.3 Å². The lowest BCUT2D eigenvalue weighted by Crippen LogP contribution is -2.49. The van der Waals surface area contributed by atoms with Crippen LogP contribution in [0.2, 0.25) is 0 Å². The van der Waals surface area contributed by atoms with Crippen molar-refractivity contribution in [3.63, 3.8) is 0 Å². The second-order valence-electron chi connectivity index (χ2n) is 5.26. The Morgan fingerprint density at radius 3 is 2.86 bits per heavy atom. The van der Waals surface area contributed by atoms with E-state index < -0.39 is 35.5 Å². The van der Waals surface area contributed by atoms with E-state index in [2.05, 4.69) is 10.1 Å². The van der Waals surface area contributed by atoms with Crippen LogP contribution in [-0.4, -0.2) is 49.2 Å². The van der Waals surface area contributed by atoms with E-state index in [1.54, 1.807) is 0 Å². The molecule has 1 saturated heterocycles. The number of aromatic nitrogens is 2. The molecule has 1 fully saturated rings. The topological polar surface area (TPSA) is 144 Å². The average Bonchev–Trinajstić information content (AvgIpc) is 2.77. The molecule has 120 valence electrons. The first-order chi connectivity index (χ1) is 10.4. The smallest absolute Gasteiger partial charge is 0.252 e. The van der Waals surface area contributed by atoms with Crippen molar-refractivity contribution in [3.05, 3.63) is 28.2 Å². The molecule has 4 N–H and O–H groups in total. The first kappa shape index (κ1) is 16.5. The van der Waals surface area contributed by atoms with Gasteiger partial charge in [0.15, 0.2) is 6.23 Å². The predicted octanol–water partition coefficient (Wildman–Crippen LogP) is -1.14. The van der Waals surface area contributed by atoms with Gasteiger partial charge in [-0.2, -0.15) is 5.26 Å². The lowest BCUT2D eigenvalue weighted by atomic mass is 9.79. The number of hydrogen-bond acceptors (Lipinski definition) is 7. The third-order valence-electron chi connectivity index (χ3n) is 3.87. The molecule has 1 aromatic rings. The van der Waals surface area contributed by atoms with E-state index in [-0.39, 0.29) is 11.5 Å². The van der Waals surface area contributed by atoms with Crippen LogP contribution in [0.15, 0.2) is 22.2 Å². The maximum atomic E-state index is 11.3. The van der Waals surface area contributed by atoms with Crippen LogP contribution in [0.1, 0.15) is 13.2 Å². The van der Waals surface area contributed by atoms with Gasteiger partial charge in [-0.15, -0.1) is 11.6 Å². The normalized spacial score (nSPS) is 35.5. The van der Waals surface area contributed by atoms with Crippen LogP contribution < -0.4 is 11.2 Å². The highest BCUT2D eigenvalue weighted by Crippen LogP contribution is 2.49. The number of ether oxygens (including phenoxy) is 1. The minimum Gasteiger partial charge on any atom is -0.408 e. The zero-order valence-electron chi connectivity index (χ0n) is 11.6. The largest absolute Gasteiger partial charge is 0.408 e.